The smallest absolute Gasteiger partial charge is 0.191 e. The number of nitrogens with one attached hydrogen (secondary N) is 2. The highest BCUT2D eigenvalue weighted by Crippen LogP contribution is 2.22. The maximum absolute atomic E-state index is 5.49. The van der Waals surface area contributed by atoms with Crippen molar-refractivity contribution in [2.24, 2.45) is 4.99 Å². The van der Waals surface area contributed by atoms with E-state index in [-0.39, 0.29) is 30.0 Å². The van der Waals surface area contributed by atoms with Crippen molar-refractivity contribution in [2.45, 2.75) is 52.1 Å². The molecule has 0 saturated heterocycles. The van der Waals surface area contributed by atoms with Gasteiger partial charge in [-0.1, -0.05) is 48.8 Å². The molecule has 1 aromatic carbocycles. The Morgan fingerprint density at radius 2 is 1.79 bits per heavy atom. The van der Waals surface area contributed by atoms with Crippen LogP contribution in [0.15, 0.2) is 39.8 Å². The molecule has 7 heteroatoms. The van der Waals surface area contributed by atoms with Crippen LogP contribution in [-0.4, -0.2) is 43.7 Å². The maximum atomic E-state index is 5.49. The van der Waals surface area contributed by atoms with Crippen molar-refractivity contribution >= 4 is 29.9 Å². The van der Waals surface area contributed by atoms with E-state index >= 15 is 0 Å². The Kier molecular flexibility index (Phi) is 11.3. The van der Waals surface area contributed by atoms with Crippen LogP contribution < -0.4 is 10.6 Å². The van der Waals surface area contributed by atoms with Crippen molar-refractivity contribution in [3.63, 3.8) is 0 Å². The van der Waals surface area contributed by atoms with Gasteiger partial charge in [0.1, 0.15) is 0 Å². The summed E-state index contributed by atoms with van der Waals surface area (Å²) in [4.78, 5) is 6.54. The summed E-state index contributed by atoms with van der Waals surface area (Å²) < 4.78 is 5.49. The SMILES string of the molecule is CCC(CC)c1cc(CNC(=NC)NCC(c2ccc(C)cc2)N(C)C)on1.I. The van der Waals surface area contributed by atoms with E-state index in [1.165, 1.54) is 11.1 Å². The summed E-state index contributed by atoms with van der Waals surface area (Å²) in [5.74, 6) is 2.04. The van der Waals surface area contributed by atoms with Gasteiger partial charge in [0.15, 0.2) is 11.7 Å². The quantitative estimate of drug-likeness (QED) is 0.294. The minimum absolute atomic E-state index is 0. The second-order valence-corrected chi connectivity index (χ2v) is 7.43. The van der Waals surface area contributed by atoms with Crippen LogP contribution in [0.5, 0.6) is 0 Å². The lowest BCUT2D eigenvalue weighted by molar-refractivity contribution is 0.298. The van der Waals surface area contributed by atoms with Crippen LogP contribution in [0.25, 0.3) is 0 Å². The molecule has 0 amide bonds. The first-order valence-corrected chi connectivity index (χ1v) is 10.1. The van der Waals surface area contributed by atoms with E-state index in [9.17, 15) is 0 Å². The summed E-state index contributed by atoms with van der Waals surface area (Å²) in [6.07, 6.45) is 2.15. The Balaban J connectivity index is 0.00000420. The number of hydrogen-bond acceptors (Lipinski definition) is 4. The van der Waals surface area contributed by atoms with Gasteiger partial charge in [0.25, 0.3) is 0 Å². The number of rotatable bonds is 9. The number of likely N-dealkylation sites (N-methyl/N-ethyl adjacent to an activating group) is 1. The normalized spacial score (nSPS) is 12.8. The van der Waals surface area contributed by atoms with Crippen LogP contribution in [0.2, 0.25) is 0 Å². The topological polar surface area (TPSA) is 65.7 Å². The summed E-state index contributed by atoms with van der Waals surface area (Å²) in [7, 11) is 5.97. The Hall–Kier alpha value is -1.61. The molecule has 1 aromatic heterocycles. The molecule has 2 aromatic rings. The molecule has 0 aliphatic carbocycles. The molecule has 0 spiro atoms. The summed E-state index contributed by atoms with van der Waals surface area (Å²) in [5.41, 5.74) is 3.59. The molecule has 0 fully saturated rings. The largest absolute Gasteiger partial charge is 0.359 e. The van der Waals surface area contributed by atoms with Crippen molar-refractivity contribution in [2.75, 3.05) is 27.7 Å². The molecular weight excluding hydrogens is 477 g/mol. The van der Waals surface area contributed by atoms with E-state index in [4.69, 9.17) is 4.52 Å². The monoisotopic (exact) mass is 513 g/mol. The lowest BCUT2D eigenvalue weighted by atomic mass is 9.99. The van der Waals surface area contributed by atoms with E-state index in [1.807, 2.05) is 6.07 Å². The van der Waals surface area contributed by atoms with E-state index in [2.05, 4.69) is 84.8 Å². The molecule has 0 aliphatic heterocycles. The van der Waals surface area contributed by atoms with Crippen LogP contribution in [-0.2, 0) is 6.54 Å². The zero-order chi connectivity index (χ0) is 20.5. The minimum atomic E-state index is 0. The first-order chi connectivity index (χ1) is 13.5. The minimum Gasteiger partial charge on any atom is -0.359 e. The number of aliphatic imine (C=N–C) groups is 1. The Morgan fingerprint density at radius 1 is 1.14 bits per heavy atom. The van der Waals surface area contributed by atoms with Gasteiger partial charge in [0, 0.05) is 25.6 Å². The fourth-order valence-corrected chi connectivity index (χ4v) is 3.28. The van der Waals surface area contributed by atoms with Gasteiger partial charge in [-0.25, -0.2) is 0 Å². The van der Waals surface area contributed by atoms with Crippen LogP contribution in [0.3, 0.4) is 0 Å². The number of nitrogens with zero attached hydrogens (tertiary/aromatic N) is 3. The summed E-state index contributed by atoms with van der Waals surface area (Å²) in [6, 6.07) is 11.0. The number of aromatic nitrogens is 1. The first kappa shape index (κ1) is 25.4. The molecule has 29 heavy (non-hydrogen) atoms. The average molecular weight is 513 g/mol. The molecule has 1 heterocycles. The summed E-state index contributed by atoms with van der Waals surface area (Å²) >= 11 is 0. The standard InChI is InChI=1S/C22H35N5O.HI/c1-7-17(8-2)20-13-19(28-26-20)14-24-22(23-4)25-15-21(27(5)6)18-11-9-16(3)10-12-18;/h9-13,17,21H,7-8,14-15H2,1-6H3,(H2,23,24,25);1H. The number of guanidine groups is 1. The van der Waals surface area contributed by atoms with Crippen LogP contribution >= 0.6 is 24.0 Å². The van der Waals surface area contributed by atoms with Gasteiger partial charge in [-0.2, -0.15) is 0 Å². The van der Waals surface area contributed by atoms with E-state index in [0.717, 1.165) is 36.8 Å². The van der Waals surface area contributed by atoms with Crippen molar-refractivity contribution < 1.29 is 4.52 Å². The van der Waals surface area contributed by atoms with Gasteiger partial charge >= 0.3 is 0 Å². The van der Waals surface area contributed by atoms with Gasteiger partial charge in [-0.3, -0.25) is 4.99 Å². The predicted molar refractivity (Wildman–Crippen MR) is 131 cm³/mol. The number of benzene rings is 1. The lowest BCUT2D eigenvalue weighted by Gasteiger charge is -2.26. The van der Waals surface area contributed by atoms with Crippen molar-refractivity contribution in [3.8, 4) is 0 Å². The Bertz CT molecular complexity index is 738. The van der Waals surface area contributed by atoms with Crippen LogP contribution in [0, 0.1) is 6.92 Å². The third-order valence-corrected chi connectivity index (χ3v) is 5.18. The number of hydrogen-bond donors (Lipinski definition) is 2. The highest BCUT2D eigenvalue weighted by Gasteiger charge is 2.16. The van der Waals surface area contributed by atoms with E-state index < -0.39 is 0 Å². The van der Waals surface area contributed by atoms with Gasteiger partial charge in [0.2, 0.25) is 0 Å². The maximum Gasteiger partial charge on any atom is 0.191 e. The summed E-state index contributed by atoms with van der Waals surface area (Å²) in [5, 5.41) is 11.0. The van der Waals surface area contributed by atoms with Crippen molar-refractivity contribution in [3.05, 3.63) is 52.9 Å². The van der Waals surface area contributed by atoms with Gasteiger partial charge in [-0.15, -0.1) is 24.0 Å². The molecule has 6 nitrogen and oxygen atoms in total. The lowest BCUT2D eigenvalue weighted by Crippen LogP contribution is -2.41. The van der Waals surface area contributed by atoms with Crippen molar-refractivity contribution in [1.29, 1.82) is 0 Å². The van der Waals surface area contributed by atoms with Crippen LogP contribution in [0.1, 0.15) is 61.2 Å². The van der Waals surface area contributed by atoms with Gasteiger partial charge in [-0.05, 0) is 39.4 Å². The average Bonchev–Trinajstić information content (AvgIpc) is 3.15. The fraction of sp³-hybridized carbons (Fsp3) is 0.545. The van der Waals surface area contributed by atoms with E-state index in [0.29, 0.717) is 12.5 Å². The second kappa shape index (κ2) is 12.8. The van der Waals surface area contributed by atoms with Crippen LogP contribution in [0.4, 0.5) is 0 Å². The molecule has 2 N–H and O–H groups in total. The zero-order valence-corrected chi connectivity index (χ0v) is 20.9. The fourth-order valence-electron chi connectivity index (χ4n) is 3.28. The zero-order valence-electron chi connectivity index (χ0n) is 18.5. The number of halogens is 1. The van der Waals surface area contributed by atoms with E-state index in [1.54, 1.807) is 7.05 Å². The molecular formula is C22H36IN5O. The molecule has 1 atom stereocenters. The highest BCUT2D eigenvalue weighted by atomic mass is 127. The molecule has 2 rings (SSSR count). The first-order valence-electron chi connectivity index (χ1n) is 10.1. The van der Waals surface area contributed by atoms with Gasteiger partial charge in [0.05, 0.1) is 18.3 Å². The molecule has 162 valence electrons. The molecule has 0 aliphatic rings. The van der Waals surface area contributed by atoms with Crippen molar-refractivity contribution in [1.82, 2.24) is 20.7 Å². The number of aryl methyl sites for hydroxylation is 1. The third kappa shape index (κ3) is 7.62. The summed E-state index contributed by atoms with van der Waals surface area (Å²) in [6.45, 7) is 7.79. The Morgan fingerprint density at radius 3 is 2.34 bits per heavy atom. The molecule has 0 radical (unpaired) electrons. The molecule has 1 unspecified atom stereocenters. The molecule has 0 saturated carbocycles. The Labute approximate surface area is 192 Å². The predicted octanol–water partition coefficient (Wildman–Crippen LogP) is 4.47. The second-order valence-electron chi connectivity index (χ2n) is 7.43. The van der Waals surface area contributed by atoms with Gasteiger partial charge < -0.3 is 20.1 Å². The third-order valence-electron chi connectivity index (χ3n) is 5.18. The molecule has 0 bridgehead atoms. The highest BCUT2D eigenvalue weighted by molar-refractivity contribution is 14.0.